The SMILES string of the molecule is C[C@H]1[C@@H](CSc2ncn[nH]2)O[C@@H](c2ccc(NC(=O)c3c(F)c(F)c(F)c(F)c3F)cc2)O[C@H]1c1ccc(CO)cc1. The number of carbonyl (C=O) groups excluding carboxylic acids is 1. The van der Waals surface area contributed by atoms with Crippen LogP contribution in [0.5, 0.6) is 0 Å². The number of ether oxygens (including phenoxy) is 2. The Morgan fingerprint density at radius 3 is 2.14 bits per heavy atom. The standard InChI is InChI=1S/C28H23F5N4O4S/c1-13-18(11-42-28-34-12-35-37-28)40-27(41-25(13)15-4-2-14(10-38)3-5-15)16-6-8-17(9-7-16)36-26(39)19-20(29)22(31)24(33)23(32)21(19)30/h2-9,12-13,18,25,27,38H,10-11H2,1H3,(H,36,39)(H,34,35,37)/t13-,18+,25+,27+/m0/s1. The highest BCUT2D eigenvalue weighted by Gasteiger charge is 2.38. The van der Waals surface area contributed by atoms with Crippen LogP contribution in [0.15, 0.2) is 60.0 Å². The first-order valence-corrected chi connectivity index (χ1v) is 13.6. The van der Waals surface area contributed by atoms with E-state index in [1.165, 1.54) is 30.2 Å². The fourth-order valence-corrected chi connectivity index (χ4v) is 5.40. The second-order valence-electron chi connectivity index (χ2n) is 9.44. The third-order valence-electron chi connectivity index (χ3n) is 6.78. The molecule has 0 unspecified atom stereocenters. The summed E-state index contributed by atoms with van der Waals surface area (Å²) in [5.74, 6) is -12.3. The summed E-state index contributed by atoms with van der Waals surface area (Å²) < 4.78 is 81.2. The number of thioether (sulfide) groups is 1. The Balaban J connectivity index is 1.36. The monoisotopic (exact) mass is 606 g/mol. The Morgan fingerprint density at radius 1 is 0.929 bits per heavy atom. The molecule has 0 saturated carbocycles. The van der Waals surface area contributed by atoms with Crippen molar-refractivity contribution in [3.8, 4) is 0 Å². The third kappa shape index (κ3) is 6.02. The molecule has 2 heterocycles. The van der Waals surface area contributed by atoms with Crippen LogP contribution in [0.2, 0.25) is 0 Å². The number of benzene rings is 3. The van der Waals surface area contributed by atoms with Crippen LogP contribution in [0.3, 0.4) is 0 Å². The van der Waals surface area contributed by atoms with E-state index in [2.05, 4.69) is 20.5 Å². The molecule has 1 fully saturated rings. The number of amides is 1. The zero-order valence-electron chi connectivity index (χ0n) is 21.8. The number of aliphatic hydroxyl groups is 1. The lowest BCUT2D eigenvalue weighted by atomic mass is 9.91. The van der Waals surface area contributed by atoms with E-state index in [0.29, 0.717) is 16.5 Å². The van der Waals surface area contributed by atoms with E-state index in [1.807, 2.05) is 19.1 Å². The Labute approximate surface area is 240 Å². The van der Waals surface area contributed by atoms with Crippen LogP contribution in [0.4, 0.5) is 27.6 Å². The lowest BCUT2D eigenvalue weighted by molar-refractivity contribution is -0.268. The van der Waals surface area contributed by atoms with Gasteiger partial charge in [-0.15, -0.1) is 0 Å². The molecule has 0 spiro atoms. The lowest BCUT2D eigenvalue weighted by Gasteiger charge is -2.41. The number of anilines is 1. The van der Waals surface area contributed by atoms with Crippen molar-refractivity contribution < 1.29 is 41.3 Å². The Hall–Kier alpha value is -3.85. The molecular weight excluding hydrogens is 583 g/mol. The summed E-state index contributed by atoms with van der Waals surface area (Å²) >= 11 is 1.42. The summed E-state index contributed by atoms with van der Waals surface area (Å²) in [4.78, 5) is 16.5. The van der Waals surface area contributed by atoms with Gasteiger partial charge in [0.1, 0.15) is 11.9 Å². The normalized spacial score (nSPS) is 20.5. The molecule has 0 radical (unpaired) electrons. The number of aliphatic hydroxyl groups excluding tert-OH is 1. The molecule has 14 heteroatoms. The number of aromatic nitrogens is 3. The van der Waals surface area contributed by atoms with Gasteiger partial charge in [0, 0.05) is 22.9 Å². The van der Waals surface area contributed by atoms with Gasteiger partial charge >= 0.3 is 0 Å². The van der Waals surface area contributed by atoms with Gasteiger partial charge < -0.3 is 19.9 Å². The molecule has 42 heavy (non-hydrogen) atoms. The maximum absolute atomic E-state index is 14.1. The summed E-state index contributed by atoms with van der Waals surface area (Å²) in [6, 6.07) is 13.2. The Bertz CT molecular complexity index is 1530. The fraction of sp³-hybridized carbons (Fsp3) is 0.250. The van der Waals surface area contributed by atoms with Crippen molar-refractivity contribution in [2.45, 2.75) is 37.2 Å². The summed E-state index contributed by atoms with van der Waals surface area (Å²) in [5, 5.41) is 18.8. The molecule has 1 amide bonds. The van der Waals surface area contributed by atoms with Crippen molar-refractivity contribution in [3.63, 3.8) is 0 Å². The van der Waals surface area contributed by atoms with Crippen LogP contribution >= 0.6 is 11.8 Å². The highest BCUT2D eigenvalue weighted by atomic mass is 32.2. The number of rotatable bonds is 8. The van der Waals surface area contributed by atoms with Crippen LogP contribution < -0.4 is 5.32 Å². The van der Waals surface area contributed by atoms with Crippen molar-refractivity contribution in [2.24, 2.45) is 5.92 Å². The number of hydrogen-bond acceptors (Lipinski definition) is 7. The number of hydrogen-bond donors (Lipinski definition) is 3. The number of nitrogens with one attached hydrogen (secondary N) is 2. The van der Waals surface area contributed by atoms with E-state index < -0.39 is 53.0 Å². The first-order chi connectivity index (χ1) is 20.2. The molecule has 1 aromatic heterocycles. The average Bonchev–Trinajstić information content (AvgIpc) is 3.53. The molecule has 1 aliphatic rings. The average molecular weight is 607 g/mol. The quantitative estimate of drug-likeness (QED) is 0.100. The minimum atomic E-state index is -2.35. The van der Waals surface area contributed by atoms with Gasteiger partial charge in [-0.25, -0.2) is 26.9 Å². The van der Waals surface area contributed by atoms with E-state index in [4.69, 9.17) is 9.47 Å². The molecule has 0 bridgehead atoms. The van der Waals surface area contributed by atoms with Gasteiger partial charge in [0.2, 0.25) is 5.82 Å². The third-order valence-corrected chi connectivity index (χ3v) is 7.74. The van der Waals surface area contributed by atoms with E-state index in [0.717, 1.165) is 11.1 Å². The molecule has 5 rings (SSSR count). The maximum Gasteiger partial charge on any atom is 0.261 e. The predicted octanol–water partition coefficient (Wildman–Crippen LogP) is 5.83. The minimum Gasteiger partial charge on any atom is -0.392 e. The Kier molecular flexibility index (Phi) is 8.87. The van der Waals surface area contributed by atoms with Crippen molar-refractivity contribution >= 4 is 23.4 Å². The van der Waals surface area contributed by atoms with Crippen LogP contribution in [0.25, 0.3) is 0 Å². The minimum absolute atomic E-state index is 0.0328. The number of aromatic amines is 1. The first-order valence-electron chi connectivity index (χ1n) is 12.6. The molecule has 8 nitrogen and oxygen atoms in total. The van der Waals surface area contributed by atoms with Crippen LogP contribution in [0, 0.1) is 35.0 Å². The van der Waals surface area contributed by atoms with Gasteiger partial charge in [-0.3, -0.25) is 9.89 Å². The highest BCUT2D eigenvalue weighted by molar-refractivity contribution is 7.99. The van der Waals surface area contributed by atoms with E-state index in [1.54, 1.807) is 24.3 Å². The second-order valence-corrected chi connectivity index (χ2v) is 10.5. The molecular formula is C28H23F5N4O4S. The Morgan fingerprint density at radius 2 is 1.55 bits per heavy atom. The summed E-state index contributed by atoms with van der Waals surface area (Å²) in [7, 11) is 0. The second kappa shape index (κ2) is 12.6. The maximum atomic E-state index is 14.1. The van der Waals surface area contributed by atoms with Gasteiger partial charge in [0.25, 0.3) is 5.91 Å². The number of H-pyrrole nitrogens is 1. The lowest BCUT2D eigenvalue weighted by Crippen LogP contribution is -2.38. The van der Waals surface area contributed by atoms with Gasteiger partial charge in [-0.1, -0.05) is 55.1 Å². The molecule has 1 saturated heterocycles. The zero-order chi connectivity index (χ0) is 30.0. The predicted molar refractivity (Wildman–Crippen MR) is 141 cm³/mol. The van der Waals surface area contributed by atoms with Gasteiger partial charge in [-0.2, -0.15) is 5.10 Å². The van der Waals surface area contributed by atoms with E-state index >= 15 is 0 Å². The number of nitrogens with zero attached hydrogens (tertiary/aromatic N) is 2. The van der Waals surface area contributed by atoms with Crippen LogP contribution in [-0.2, 0) is 16.1 Å². The smallest absolute Gasteiger partial charge is 0.261 e. The van der Waals surface area contributed by atoms with Crippen molar-refractivity contribution in [2.75, 3.05) is 11.1 Å². The molecule has 3 N–H and O–H groups in total. The highest BCUT2D eigenvalue weighted by Crippen LogP contribution is 2.43. The van der Waals surface area contributed by atoms with Crippen LogP contribution in [0.1, 0.15) is 46.4 Å². The summed E-state index contributed by atoms with van der Waals surface area (Å²) in [6.07, 6.45) is -0.166. The van der Waals surface area contributed by atoms with Crippen molar-refractivity contribution in [1.82, 2.24) is 15.2 Å². The topological polar surface area (TPSA) is 109 Å². The first kappa shape index (κ1) is 29.6. The number of halogens is 5. The summed E-state index contributed by atoms with van der Waals surface area (Å²) in [6.45, 7) is 1.89. The molecule has 1 aliphatic heterocycles. The van der Waals surface area contributed by atoms with Gasteiger partial charge in [0.15, 0.2) is 34.7 Å². The molecule has 220 valence electrons. The molecule has 4 atom stereocenters. The molecule has 3 aromatic carbocycles. The largest absolute Gasteiger partial charge is 0.392 e. The van der Waals surface area contributed by atoms with Crippen molar-refractivity contribution in [1.29, 1.82) is 0 Å². The zero-order valence-corrected chi connectivity index (χ0v) is 22.6. The van der Waals surface area contributed by atoms with E-state index in [9.17, 15) is 31.9 Å². The van der Waals surface area contributed by atoms with Gasteiger partial charge in [-0.05, 0) is 23.3 Å². The fourth-order valence-electron chi connectivity index (χ4n) is 4.46. The molecule has 0 aliphatic carbocycles. The molecule has 4 aromatic rings. The summed E-state index contributed by atoms with van der Waals surface area (Å²) in [5.41, 5.74) is 0.601. The van der Waals surface area contributed by atoms with Gasteiger partial charge in [0.05, 0.1) is 18.8 Å². The van der Waals surface area contributed by atoms with Crippen LogP contribution in [-0.4, -0.2) is 38.1 Å². The number of carbonyl (C=O) groups is 1. The van der Waals surface area contributed by atoms with E-state index in [-0.39, 0.29) is 24.3 Å². The van der Waals surface area contributed by atoms with Crippen molar-refractivity contribution in [3.05, 3.63) is 106 Å².